The molecule has 4 aromatic rings. The smallest absolute Gasteiger partial charge is 0.273 e. The lowest BCUT2D eigenvalue weighted by Crippen LogP contribution is -2.32. The van der Waals surface area contributed by atoms with E-state index in [-0.39, 0.29) is 15.8 Å². The number of hydrogen-bond acceptors (Lipinski definition) is 4. The van der Waals surface area contributed by atoms with Crippen LogP contribution in [0.3, 0.4) is 0 Å². The number of nitrogens with zero attached hydrogens (tertiary/aromatic N) is 2. The molecular formula is C26H17Cl2N3O2S. The van der Waals surface area contributed by atoms with Crippen LogP contribution in [0.5, 0.6) is 0 Å². The van der Waals surface area contributed by atoms with E-state index < -0.39 is 5.91 Å². The first-order valence-corrected chi connectivity index (χ1v) is 11.7. The number of aryl methyl sites for hydroxylation is 1. The highest BCUT2D eigenvalue weighted by atomic mass is 35.5. The van der Waals surface area contributed by atoms with Crippen LogP contribution in [-0.2, 0) is 4.79 Å². The van der Waals surface area contributed by atoms with Crippen molar-refractivity contribution in [2.75, 3.05) is 5.32 Å². The van der Waals surface area contributed by atoms with Crippen LogP contribution in [-0.4, -0.2) is 10.5 Å². The van der Waals surface area contributed by atoms with E-state index in [1.165, 1.54) is 4.57 Å². The van der Waals surface area contributed by atoms with Gasteiger partial charge in [-0.05, 0) is 60.5 Å². The Hall–Kier alpha value is -3.63. The van der Waals surface area contributed by atoms with Crippen LogP contribution in [0.15, 0.2) is 77.6 Å². The average Bonchev–Trinajstić information content (AvgIpc) is 3.12. The van der Waals surface area contributed by atoms with Gasteiger partial charge < -0.3 is 5.32 Å². The van der Waals surface area contributed by atoms with Gasteiger partial charge in [-0.1, -0.05) is 59.6 Å². The Morgan fingerprint density at radius 2 is 1.82 bits per heavy atom. The summed E-state index contributed by atoms with van der Waals surface area (Å²) in [6.07, 6.45) is 1.63. The standard InChI is InChI=1S/C26H17Cl2N3O2S/c1-16-6-5-7-19(12-16)30-24(32)21(15-29)26-31(20-8-3-2-4-9-20)25(33)23(34-26)13-17-10-11-18(27)14-22(17)28/h2-14H,1H3,(H,30,32)/b23-13+,26-21+. The second kappa shape index (κ2) is 10.1. The van der Waals surface area contributed by atoms with Crippen molar-refractivity contribution >= 4 is 57.8 Å². The zero-order chi connectivity index (χ0) is 24.2. The number of thiazole rings is 1. The molecule has 4 rings (SSSR count). The summed E-state index contributed by atoms with van der Waals surface area (Å²) in [6, 6.07) is 23.1. The van der Waals surface area contributed by atoms with Gasteiger partial charge in [0, 0.05) is 15.7 Å². The lowest BCUT2D eigenvalue weighted by atomic mass is 10.2. The molecule has 3 aromatic carbocycles. The van der Waals surface area contributed by atoms with E-state index in [0.29, 0.717) is 31.5 Å². The van der Waals surface area contributed by atoms with Crippen LogP contribution in [0.2, 0.25) is 10.0 Å². The molecule has 0 saturated carbocycles. The molecule has 0 spiro atoms. The summed E-state index contributed by atoms with van der Waals surface area (Å²) >= 11 is 13.3. The third-order valence-corrected chi connectivity index (χ3v) is 6.57. The Labute approximate surface area is 209 Å². The number of amides is 1. The van der Waals surface area contributed by atoms with Gasteiger partial charge in [-0.3, -0.25) is 14.2 Å². The van der Waals surface area contributed by atoms with Crippen LogP contribution in [0.4, 0.5) is 5.69 Å². The van der Waals surface area contributed by atoms with Crippen molar-refractivity contribution in [3.63, 3.8) is 0 Å². The Morgan fingerprint density at radius 3 is 2.50 bits per heavy atom. The SMILES string of the molecule is Cc1cccc(NC(=O)/C(C#N)=c2/s/c(=C/c3ccc(Cl)cc3Cl)c(=O)n2-c2ccccc2)c1. The Morgan fingerprint density at radius 1 is 1.06 bits per heavy atom. The molecule has 1 aromatic heterocycles. The van der Waals surface area contributed by atoms with Crippen molar-refractivity contribution < 1.29 is 4.79 Å². The molecule has 0 atom stereocenters. The number of aromatic nitrogens is 1. The number of anilines is 1. The molecule has 168 valence electrons. The molecule has 0 radical (unpaired) electrons. The van der Waals surface area contributed by atoms with E-state index in [9.17, 15) is 14.9 Å². The minimum atomic E-state index is -0.602. The lowest BCUT2D eigenvalue weighted by molar-refractivity contribution is -0.111. The van der Waals surface area contributed by atoms with Crippen LogP contribution in [0.1, 0.15) is 11.1 Å². The van der Waals surface area contributed by atoms with Crippen molar-refractivity contribution in [2.45, 2.75) is 6.92 Å². The van der Waals surface area contributed by atoms with E-state index in [4.69, 9.17) is 23.2 Å². The highest BCUT2D eigenvalue weighted by Gasteiger charge is 2.17. The van der Waals surface area contributed by atoms with Crippen molar-refractivity contribution in [3.8, 4) is 11.8 Å². The van der Waals surface area contributed by atoms with Gasteiger partial charge in [0.1, 0.15) is 10.7 Å². The molecule has 34 heavy (non-hydrogen) atoms. The van der Waals surface area contributed by atoms with Gasteiger partial charge in [0.15, 0.2) is 5.57 Å². The summed E-state index contributed by atoms with van der Waals surface area (Å²) in [5, 5.41) is 13.5. The van der Waals surface area contributed by atoms with Gasteiger partial charge in [-0.2, -0.15) is 5.26 Å². The van der Waals surface area contributed by atoms with Gasteiger partial charge >= 0.3 is 0 Å². The fraction of sp³-hybridized carbons (Fsp3) is 0.0385. The molecule has 1 N–H and O–H groups in total. The normalized spacial score (nSPS) is 12.2. The molecule has 0 saturated heterocycles. The predicted octanol–water partition coefficient (Wildman–Crippen LogP) is 4.66. The van der Waals surface area contributed by atoms with E-state index in [1.807, 2.05) is 31.2 Å². The van der Waals surface area contributed by atoms with Crippen molar-refractivity contribution in [2.24, 2.45) is 0 Å². The Bertz CT molecular complexity index is 1620. The Kier molecular flexibility index (Phi) is 6.99. The highest BCUT2D eigenvalue weighted by molar-refractivity contribution is 7.07. The number of benzene rings is 3. The van der Waals surface area contributed by atoms with Crippen molar-refractivity contribution in [1.82, 2.24) is 4.57 Å². The Balaban J connectivity index is 1.96. The van der Waals surface area contributed by atoms with E-state index in [1.54, 1.807) is 60.7 Å². The number of nitriles is 1. The molecular weight excluding hydrogens is 489 g/mol. The molecule has 0 fully saturated rings. The second-order valence-corrected chi connectivity index (χ2v) is 9.24. The zero-order valence-corrected chi connectivity index (χ0v) is 20.2. The molecule has 0 bridgehead atoms. The average molecular weight is 506 g/mol. The second-order valence-electron chi connectivity index (χ2n) is 7.37. The molecule has 1 heterocycles. The van der Waals surface area contributed by atoms with Crippen molar-refractivity contribution in [1.29, 1.82) is 5.26 Å². The van der Waals surface area contributed by atoms with Gasteiger partial charge in [-0.25, -0.2) is 0 Å². The quantitative estimate of drug-likeness (QED) is 0.438. The lowest BCUT2D eigenvalue weighted by Gasteiger charge is -2.06. The van der Waals surface area contributed by atoms with Crippen LogP contribution < -0.4 is 20.1 Å². The van der Waals surface area contributed by atoms with E-state index in [2.05, 4.69) is 5.32 Å². The number of carbonyl (C=O) groups excluding carboxylic acids is 1. The maximum atomic E-state index is 13.4. The zero-order valence-electron chi connectivity index (χ0n) is 17.9. The molecule has 0 aliphatic heterocycles. The minimum Gasteiger partial charge on any atom is -0.321 e. The molecule has 8 heteroatoms. The summed E-state index contributed by atoms with van der Waals surface area (Å²) in [5.74, 6) is -0.602. The maximum Gasteiger partial charge on any atom is 0.273 e. The first kappa shape index (κ1) is 23.5. The fourth-order valence-corrected chi connectivity index (χ4v) is 4.89. The summed E-state index contributed by atoms with van der Waals surface area (Å²) in [5.41, 5.74) is 2.12. The topological polar surface area (TPSA) is 74.9 Å². The first-order valence-electron chi connectivity index (χ1n) is 10.1. The summed E-state index contributed by atoms with van der Waals surface area (Å²) in [4.78, 5) is 26.5. The number of nitrogens with one attached hydrogen (secondary N) is 1. The summed E-state index contributed by atoms with van der Waals surface area (Å²) in [6.45, 7) is 1.90. The summed E-state index contributed by atoms with van der Waals surface area (Å²) < 4.78 is 1.91. The number of rotatable bonds is 4. The van der Waals surface area contributed by atoms with Crippen molar-refractivity contribution in [3.05, 3.63) is 114 Å². The molecule has 0 aliphatic carbocycles. The van der Waals surface area contributed by atoms with Gasteiger partial charge in [0.05, 0.1) is 10.2 Å². The number of halogens is 2. The molecule has 0 aliphatic rings. The number of hydrogen-bond donors (Lipinski definition) is 1. The monoisotopic (exact) mass is 505 g/mol. The largest absolute Gasteiger partial charge is 0.321 e. The first-order chi connectivity index (χ1) is 16.4. The third-order valence-electron chi connectivity index (χ3n) is 4.92. The van der Waals surface area contributed by atoms with Crippen LogP contribution >= 0.6 is 34.5 Å². The predicted molar refractivity (Wildman–Crippen MR) is 138 cm³/mol. The van der Waals surface area contributed by atoms with E-state index >= 15 is 0 Å². The van der Waals surface area contributed by atoms with Gasteiger partial charge in [-0.15, -0.1) is 11.3 Å². The van der Waals surface area contributed by atoms with E-state index in [0.717, 1.165) is 16.9 Å². The van der Waals surface area contributed by atoms with Crippen LogP contribution in [0, 0.1) is 18.3 Å². The van der Waals surface area contributed by atoms with Gasteiger partial charge in [0.2, 0.25) is 0 Å². The van der Waals surface area contributed by atoms with Crippen LogP contribution in [0.25, 0.3) is 17.3 Å². The molecule has 5 nitrogen and oxygen atoms in total. The minimum absolute atomic E-state index is 0.172. The number of para-hydroxylation sites is 1. The maximum absolute atomic E-state index is 13.4. The highest BCUT2D eigenvalue weighted by Crippen LogP contribution is 2.21. The molecule has 0 unspecified atom stereocenters. The van der Waals surface area contributed by atoms with Gasteiger partial charge in [0.25, 0.3) is 11.5 Å². The fourth-order valence-electron chi connectivity index (χ4n) is 3.33. The number of carbonyl (C=O) groups is 1. The molecule has 1 amide bonds. The summed E-state index contributed by atoms with van der Waals surface area (Å²) in [7, 11) is 0. The third kappa shape index (κ3) is 4.97.